The maximum atomic E-state index is 13.0. The lowest BCUT2D eigenvalue weighted by Gasteiger charge is -2.12. The van der Waals surface area contributed by atoms with Crippen LogP contribution in [0.4, 0.5) is 17.6 Å². The number of benzene rings is 2. The highest BCUT2D eigenvalue weighted by Gasteiger charge is 2.31. The number of halogens is 4. The standard InChI is InChI=1S/C16H10F4O2/c17-13-6-2-11(3-7-13)14-9-12(16(18,19)20)5-1-10(14)4-8-15(21)22/h1-9H,(H,21,22)/b8-4+. The van der Waals surface area contributed by atoms with E-state index >= 15 is 0 Å². The molecule has 0 amide bonds. The van der Waals surface area contributed by atoms with Gasteiger partial charge in [-0.3, -0.25) is 0 Å². The van der Waals surface area contributed by atoms with Gasteiger partial charge in [0.25, 0.3) is 0 Å². The lowest BCUT2D eigenvalue weighted by Crippen LogP contribution is -2.05. The second kappa shape index (κ2) is 6.01. The molecule has 0 radical (unpaired) electrons. The number of carbonyl (C=O) groups is 1. The zero-order valence-electron chi connectivity index (χ0n) is 11.1. The summed E-state index contributed by atoms with van der Waals surface area (Å²) >= 11 is 0. The van der Waals surface area contributed by atoms with Crippen LogP contribution in [0, 0.1) is 5.82 Å². The first-order chi connectivity index (χ1) is 10.3. The van der Waals surface area contributed by atoms with E-state index < -0.39 is 23.5 Å². The second-order valence-corrected chi connectivity index (χ2v) is 4.48. The Labute approximate surface area is 123 Å². The first kappa shape index (κ1) is 15.8. The van der Waals surface area contributed by atoms with Crippen LogP contribution in [-0.4, -0.2) is 11.1 Å². The molecular formula is C16H10F4O2. The average Bonchev–Trinajstić information content (AvgIpc) is 2.45. The van der Waals surface area contributed by atoms with E-state index in [2.05, 4.69) is 0 Å². The molecule has 6 heteroatoms. The molecule has 0 saturated heterocycles. The van der Waals surface area contributed by atoms with E-state index in [1.807, 2.05) is 0 Å². The highest BCUT2D eigenvalue weighted by atomic mass is 19.4. The fourth-order valence-corrected chi connectivity index (χ4v) is 1.92. The molecule has 1 N–H and O–H groups in total. The number of carboxylic acid groups (broad SMARTS) is 1. The van der Waals surface area contributed by atoms with Crippen molar-refractivity contribution < 1.29 is 27.5 Å². The third-order valence-corrected chi connectivity index (χ3v) is 2.94. The topological polar surface area (TPSA) is 37.3 Å². The van der Waals surface area contributed by atoms with Crippen molar-refractivity contribution in [3.05, 3.63) is 65.5 Å². The van der Waals surface area contributed by atoms with Crippen LogP contribution in [0.15, 0.2) is 48.5 Å². The van der Waals surface area contributed by atoms with Crippen molar-refractivity contribution in [2.45, 2.75) is 6.18 Å². The van der Waals surface area contributed by atoms with Crippen LogP contribution in [0.3, 0.4) is 0 Å². The second-order valence-electron chi connectivity index (χ2n) is 4.48. The molecule has 2 rings (SSSR count). The predicted octanol–water partition coefficient (Wildman–Crippen LogP) is 4.61. The van der Waals surface area contributed by atoms with Gasteiger partial charge in [-0.25, -0.2) is 9.18 Å². The number of aliphatic carboxylic acids is 1. The van der Waals surface area contributed by atoms with Crippen molar-refractivity contribution in [2.24, 2.45) is 0 Å². The molecule has 2 aromatic carbocycles. The molecule has 0 aliphatic heterocycles. The van der Waals surface area contributed by atoms with Gasteiger partial charge in [-0.2, -0.15) is 13.2 Å². The molecule has 0 aliphatic rings. The van der Waals surface area contributed by atoms with Crippen molar-refractivity contribution in [3.8, 4) is 11.1 Å². The van der Waals surface area contributed by atoms with Gasteiger partial charge < -0.3 is 5.11 Å². The van der Waals surface area contributed by atoms with Crippen molar-refractivity contribution in [1.82, 2.24) is 0 Å². The Balaban J connectivity index is 2.59. The first-order valence-electron chi connectivity index (χ1n) is 6.15. The number of hydrogen-bond acceptors (Lipinski definition) is 1. The molecule has 0 spiro atoms. The molecule has 0 atom stereocenters. The summed E-state index contributed by atoms with van der Waals surface area (Å²) in [5.74, 6) is -1.73. The summed E-state index contributed by atoms with van der Waals surface area (Å²) in [6, 6.07) is 7.89. The van der Waals surface area contributed by atoms with Crippen LogP contribution in [0.1, 0.15) is 11.1 Å². The third-order valence-electron chi connectivity index (χ3n) is 2.94. The summed E-state index contributed by atoms with van der Waals surface area (Å²) in [6.45, 7) is 0. The van der Waals surface area contributed by atoms with Gasteiger partial charge in [0.1, 0.15) is 5.82 Å². The summed E-state index contributed by atoms with van der Waals surface area (Å²) in [5.41, 5.74) is -0.0360. The summed E-state index contributed by atoms with van der Waals surface area (Å²) in [7, 11) is 0. The summed E-state index contributed by atoms with van der Waals surface area (Å²) in [4.78, 5) is 10.6. The Bertz CT molecular complexity index is 716. The van der Waals surface area contributed by atoms with Gasteiger partial charge in [0.15, 0.2) is 0 Å². The SMILES string of the molecule is O=C(O)/C=C/c1ccc(C(F)(F)F)cc1-c1ccc(F)cc1. The number of alkyl halides is 3. The first-order valence-corrected chi connectivity index (χ1v) is 6.15. The maximum Gasteiger partial charge on any atom is 0.416 e. The van der Waals surface area contributed by atoms with E-state index in [-0.39, 0.29) is 5.56 Å². The van der Waals surface area contributed by atoms with Crippen LogP contribution < -0.4 is 0 Å². The Hall–Kier alpha value is -2.63. The smallest absolute Gasteiger partial charge is 0.416 e. The number of carboxylic acids is 1. The van der Waals surface area contributed by atoms with E-state index in [0.29, 0.717) is 11.1 Å². The lowest BCUT2D eigenvalue weighted by molar-refractivity contribution is -0.137. The molecule has 0 fully saturated rings. The van der Waals surface area contributed by atoms with Gasteiger partial charge in [0.05, 0.1) is 5.56 Å². The van der Waals surface area contributed by atoms with Crippen LogP contribution in [0.25, 0.3) is 17.2 Å². The zero-order chi connectivity index (χ0) is 16.3. The van der Waals surface area contributed by atoms with E-state index in [4.69, 9.17) is 5.11 Å². The van der Waals surface area contributed by atoms with Crippen molar-refractivity contribution in [3.63, 3.8) is 0 Å². The Morgan fingerprint density at radius 2 is 1.68 bits per heavy atom. The van der Waals surface area contributed by atoms with E-state index in [9.17, 15) is 22.4 Å². The Morgan fingerprint density at radius 1 is 1.05 bits per heavy atom. The fraction of sp³-hybridized carbons (Fsp3) is 0.0625. The van der Waals surface area contributed by atoms with Gasteiger partial charge in [-0.05, 0) is 47.0 Å². The minimum atomic E-state index is -4.52. The quantitative estimate of drug-likeness (QED) is 0.664. The molecule has 22 heavy (non-hydrogen) atoms. The highest BCUT2D eigenvalue weighted by molar-refractivity contribution is 5.88. The van der Waals surface area contributed by atoms with Crippen LogP contribution in [-0.2, 0) is 11.0 Å². The zero-order valence-corrected chi connectivity index (χ0v) is 11.1. The average molecular weight is 310 g/mol. The molecule has 114 valence electrons. The summed E-state index contributed by atoms with van der Waals surface area (Å²) in [5, 5.41) is 8.64. The predicted molar refractivity (Wildman–Crippen MR) is 73.5 cm³/mol. The minimum Gasteiger partial charge on any atom is -0.478 e. The number of hydrogen-bond donors (Lipinski definition) is 1. The molecule has 0 aliphatic carbocycles. The largest absolute Gasteiger partial charge is 0.478 e. The molecule has 2 nitrogen and oxygen atoms in total. The van der Waals surface area contributed by atoms with Crippen molar-refractivity contribution >= 4 is 12.0 Å². The Kier molecular flexibility index (Phi) is 4.30. The molecular weight excluding hydrogens is 300 g/mol. The molecule has 2 aromatic rings. The number of rotatable bonds is 3. The maximum absolute atomic E-state index is 13.0. The van der Waals surface area contributed by atoms with E-state index in [0.717, 1.165) is 30.3 Å². The van der Waals surface area contributed by atoms with E-state index in [1.54, 1.807) is 0 Å². The van der Waals surface area contributed by atoms with E-state index in [1.165, 1.54) is 24.3 Å². The highest BCUT2D eigenvalue weighted by Crippen LogP contribution is 2.34. The normalized spacial score (nSPS) is 11.8. The van der Waals surface area contributed by atoms with Gasteiger partial charge in [-0.15, -0.1) is 0 Å². The minimum absolute atomic E-state index is 0.173. The third kappa shape index (κ3) is 3.72. The van der Waals surface area contributed by atoms with Crippen molar-refractivity contribution in [2.75, 3.05) is 0 Å². The van der Waals surface area contributed by atoms with Crippen LogP contribution in [0.2, 0.25) is 0 Å². The van der Waals surface area contributed by atoms with Crippen molar-refractivity contribution in [1.29, 1.82) is 0 Å². The molecule has 0 aromatic heterocycles. The van der Waals surface area contributed by atoms with Crippen LogP contribution in [0.5, 0.6) is 0 Å². The van der Waals surface area contributed by atoms with Gasteiger partial charge in [-0.1, -0.05) is 18.2 Å². The van der Waals surface area contributed by atoms with Gasteiger partial charge in [0.2, 0.25) is 0 Å². The molecule has 0 unspecified atom stereocenters. The summed E-state index contributed by atoms with van der Waals surface area (Å²) in [6.07, 6.45) is -2.50. The van der Waals surface area contributed by atoms with Gasteiger partial charge >= 0.3 is 12.1 Å². The lowest BCUT2D eigenvalue weighted by atomic mass is 9.96. The molecule has 0 saturated carbocycles. The fourth-order valence-electron chi connectivity index (χ4n) is 1.92. The molecule has 0 bridgehead atoms. The summed E-state index contributed by atoms with van der Waals surface area (Å²) < 4.78 is 51.4. The van der Waals surface area contributed by atoms with Gasteiger partial charge in [0, 0.05) is 6.08 Å². The Morgan fingerprint density at radius 3 is 2.23 bits per heavy atom. The van der Waals surface area contributed by atoms with Crippen LogP contribution >= 0.6 is 0 Å². The molecule has 0 heterocycles. The monoisotopic (exact) mass is 310 g/mol.